The molecule has 0 unspecified atom stereocenters. The van der Waals surface area contributed by atoms with Crippen LogP contribution in [-0.4, -0.2) is 16.0 Å². The van der Waals surface area contributed by atoms with Gasteiger partial charge in [-0.25, -0.2) is 9.78 Å². The molecule has 4 rings (SSSR count). The number of hydrogen-bond donors (Lipinski definition) is 3. The summed E-state index contributed by atoms with van der Waals surface area (Å²) >= 11 is 0. The molecule has 0 saturated heterocycles. The first-order valence-electron chi connectivity index (χ1n) is 7.28. The lowest BCUT2D eigenvalue weighted by Crippen LogP contribution is -2.19. The molecule has 0 spiro atoms. The van der Waals surface area contributed by atoms with E-state index in [2.05, 4.69) is 20.6 Å². The molecule has 5 nitrogen and oxygen atoms in total. The van der Waals surface area contributed by atoms with Gasteiger partial charge in [0.2, 0.25) is 0 Å². The summed E-state index contributed by atoms with van der Waals surface area (Å²) in [4.78, 5) is 19.4. The summed E-state index contributed by atoms with van der Waals surface area (Å²) in [5.41, 5.74) is 3.24. The van der Waals surface area contributed by atoms with Gasteiger partial charge in [0.25, 0.3) is 0 Å². The van der Waals surface area contributed by atoms with Gasteiger partial charge in [0.05, 0.1) is 23.0 Å². The summed E-state index contributed by atoms with van der Waals surface area (Å²) in [6.07, 6.45) is 1.63. The van der Waals surface area contributed by atoms with Crippen molar-refractivity contribution in [3.05, 3.63) is 67.0 Å². The van der Waals surface area contributed by atoms with E-state index in [1.807, 2.05) is 60.7 Å². The lowest BCUT2D eigenvalue weighted by molar-refractivity contribution is 0.262. The van der Waals surface area contributed by atoms with E-state index >= 15 is 0 Å². The Kier molecular flexibility index (Phi) is 3.16. The zero-order valence-electron chi connectivity index (χ0n) is 12.2. The number of benzene rings is 3. The largest absolute Gasteiger partial charge is 0.345 e. The number of H-pyrrole nitrogens is 1. The topological polar surface area (TPSA) is 69.8 Å². The summed E-state index contributed by atoms with van der Waals surface area (Å²) in [5, 5.41) is 7.83. The van der Waals surface area contributed by atoms with Crippen LogP contribution in [0.25, 0.3) is 21.8 Å². The number of anilines is 2. The minimum atomic E-state index is -0.278. The SMILES string of the molecule is O=C(Nc1ccc2nc[nH]c2c1)Nc1cccc2ccccc12. The number of amides is 2. The molecule has 3 aromatic carbocycles. The van der Waals surface area contributed by atoms with Crippen LogP contribution in [0.2, 0.25) is 0 Å². The number of carbonyl (C=O) groups is 1. The van der Waals surface area contributed by atoms with Crippen molar-refractivity contribution >= 4 is 39.2 Å². The molecule has 1 aromatic heterocycles. The van der Waals surface area contributed by atoms with Crippen molar-refractivity contribution in [1.29, 1.82) is 0 Å². The van der Waals surface area contributed by atoms with E-state index in [4.69, 9.17) is 0 Å². The molecular weight excluding hydrogens is 288 g/mol. The van der Waals surface area contributed by atoms with E-state index in [1.54, 1.807) is 6.33 Å². The number of nitrogens with one attached hydrogen (secondary N) is 3. The molecule has 4 aromatic rings. The van der Waals surface area contributed by atoms with Gasteiger partial charge in [0.15, 0.2) is 0 Å². The second-order valence-electron chi connectivity index (χ2n) is 5.24. The summed E-state index contributed by atoms with van der Waals surface area (Å²) in [6, 6.07) is 19.0. The number of aromatic nitrogens is 2. The lowest BCUT2D eigenvalue weighted by Gasteiger charge is -2.10. The van der Waals surface area contributed by atoms with Crippen molar-refractivity contribution in [2.24, 2.45) is 0 Å². The molecule has 0 atom stereocenters. The maximum atomic E-state index is 12.3. The van der Waals surface area contributed by atoms with Gasteiger partial charge in [-0.3, -0.25) is 0 Å². The summed E-state index contributed by atoms with van der Waals surface area (Å²) in [6.45, 7) is 0. The Balaban J connectivity index is 1.57. The highest BCUT2D eigenvalue weighted by Gasteiger charge is 2.06. The van der Waals surface area contributed by atoms with Crippen molar-refractivity contribution in [3.63, 3.8) is 0 Å². The van der Waals surface area contributed by atoms with Crippen molar-refractivity contribution in [1.82, 2.24) is 9.97 Å². The number of fused-ring (bicyclic) bond motifs is 2. The Morgan fingerprint density at radius 3 is 2.78 bits per heavy atom. The van der Waals surface area contributed by atoms with E-state index in [0.29, 0.717) is 5.69 Å². The Morgan fingerprint density at radius 2 is 1.83 bits per heavy atom. The van der Waals surface area contributed by atoms with E-state index in [0.717, 1.165) is 27.5 Å². The average Bonchev–Trinajstić information content (AvgIpc) is 3.03. The van der Waals surface area contributed by atoms with Gasteiger partial charge in [-0.15, -0.1) is 0 Å². The Morgan fingerprint density at radius 1 is 0.957 bits per heavy atom. The smallest absolute Gasteiger partial charge is 0.323 e. The fourth-order valence-corrected chi connectivity index (χ4v) is 2.63. The Labute approximate surface area is 132 Å². The van der Waals surface area contributed by atoms with Gasteiger partial charge in [-0.1, -0.05) is 36.4 Å². The molecule has 0 radical (unpaired) electrons. The third-order valence-electron chi connectivity index (χ3n) is 3.72. The number of imidazole rings is 1. The molecule has 0 saturated carbocycles. The zero-order chi connectivity index (χ0) is 15.6. The average molecular weight is 302 g/mol. The molecule has 0 fully saturated rings. The molecule has 3 N–H and O–H groups in total. The highest BCUT2D eigenvalue weighted by Crippen LogP contribution is 2.23. The minimum absolute atomic E-state index is 0.278. The van der Waals surface area contributed by atoms with E-state index in [9.17, 15) is 4.79 Å². The van der Waals surface area contributed by atoms with Crippen LogP contribution >= 0.6 is 0 Å². The standard InChI is InChI=1S/C18H14N4O/c23-18(21-13-8-9-16-17(10-13)20-11-19-16)22-15-7-3-5-12-4-1-2-6-14(12)15/h1-11H,(H,19,20)(H2,21,22,23). The fourth-order valence-electron chi connectivity index (χ4n) is 2.63. The first-order chi connectivity index (χ1) is 11.3. The highest BCUT2D eigenvalue weighted by molar-refractivity contribution is 6.06. The van der Waals surface area contributed by atoms with Crippen molar-refractivity contribution in [3.8, 4) is 0 Å². The maximum absolute atomic E-state index is 12.3. The van der Waals surface area contributed by atoms with Crippen molar-refractivity contribution in [2.75, 3.05) is 10.6 Å². The lowest BCUT2D eigenvalue weighted by atomic mass is 10.1. The molecule has 0 aliphatic heterocycles. The van der Waals surface area contributed by atoms with E-state index < -0.39 is 0 Å². The second kappa shape index (κ2) is 5.46. The third-order valence-corrected chi connectivity index (χ3v) is 3.72. The second-order valence-corrected chi connectivity index (χ2v) is 5.24. The minimum Gasteiger partial charge on any atom is -0.345 e. The number of rotatable bonds is 2. The molecule has 112 valence electrons. The third kappa shape index (κ3) is 2.60. The number of carbonyl (C=O) groups excluding carboxylic acids is 1. The molecule has 2 amide bonds. The van der Waals surface area contributed by atoms with Gasteiger partial charge in [0.1, 0.15) is 0 Å². The quantitative estimate of drug-likeness (QED) is 0.515. The normalized spacial score (nSPS) is 10.8. The monoisotopic (exact) mass is 302 g/mol. The van der Waals surface area contributed by atoms with Gasteiger partial charge in [-0.05, 0) is 29.7 Å². The van der Waals surface area contributed by atoms with Crippen LogP contribution < -0.4 is 10.6 Å². The molecule has 0 aliphatic carbocycles. The predicted octanol–water partition coefficient (Wildman–Crippen LogP) is 4.36. The van der Waals surface area contributed by atoms with Crippen LogP contribution in [0.3, 0.4) is 0 Å². The molecule has 0 bridgehead atoms. The number of nitrogens with zero attached hydrogens (tertiary/aromatic N) is 1. The number of urea groups is 1. The van der Waals surface area contributed by atoms with Crippen LogP contribution in [-0.2, 0) is 0 Å². The van der Waals surface area contributed by atoms with Crippen LogP contribution in [0.5, 0.6) is 0 Å². The Bertz CT molecular complexity index is 1000. The number of hydrogen-bond acceptors (Lipinski definition) is 2. The van der Waals surface area contributed by atoms with Crippen LogP contribution in [0.15, 0.2) is 67.0 Å². The van der Waals surface area contributed by atoms with Gasteiger partial charge in [0, 0.05) is 11.1 Å². The Hall–Kier alpha value is -3.34. The first kappa shape index (κ1) is 13.3. The van der Waals surface area contributed by atoms with E-state index in [-0.39, 0.29) is 6.03 Å². The van der Waals surface area contributed by atoms with Gasteiger partial charge in [-0.2, -0.15) is 0 Å². The zero-order valence-corrected chi connectivity index (χ0v) is 12.2. The van der Waals surface area contributed by atoms with Crippen molar-refractivity contribution < 1.29 is 4.79 Å². The molecule has 0 aliphatic rings. The maximum Gasteiger partial charge on any atom is 0.323 e. The predicted molar refractivity (Wildman–Crippen MR) is 92.7 cm³/mol. The van der Waals surface area contributed by atoms with E-state index in [1.165, 1.54) is 0 Å². The fraction of sp³-hybridized carbons (Fsp3) is 0. The van der Waals surface area contributed by atoms with Crippen LogP contribution in [0, 0.1) is 0 Å². The van der Waals surface area contributed by atoms with Gasteiger partial charge >= 0.3 is 6.03 Å². The number of aromatic amines is 1. The van der Waals surface area contributed by atoms with Crippen LogP contribution in [0.4, 0.5) is 16.2 Å². The highest BCUT2D eigenvalue weighted by atomic mass is 16.2. The summed E-state index contributed by atoms with van der Waals surface area (Å²) < 4.78 is 0. The summed E-state index contributed by atoms with van der Waals surface area (Å²) in [7, 11) is 0. The first-order valence-corrected chi connectivity index (χ1v) is 7.28. The van der Waals surface area contributed by atoms with Crippen LogP contribution in [0.1, 0.15) is 0 Å². The molecule has 23 heavy (non-hydrogen) atoms. The van der Waals surface area contributed by atoms with Crippen molar-refractivity contribution in [2.45, 2.75) is 0 Å². The van der Waals surface area contributed by atoms with Gasteiger partial charge < -0.3 is 15.6 Å². The molecule has 1 heterocycles. The molecule has 5 heteroatoms. The molecular formula is C18H14N4O. The summed E-state index contributed by atoms with van der Waals surface area (Å²) in [5.74, 6) is 0.